The van der Waals surface area contributed by atoms with Gasteiger partial charge in [0.15, 0.2) is 0 Å². The average molecular weight is 336 g/mol. The Balaban J connectivity index is 2.64. The summed E-state index contributed by atoms with van der Waals surface area (Å²) in [5.74, 6) is -2.60. The lowest BCUT2D eigenvalue weighted by Crippen LogP contribution is -2.30. The summed E-state index contributed by atoms with van der Waals surface area (Å²) in [6, 6.07) is 2.06. The minimum atomic E-state index is -0.922. The van der Waals surface area contributed by atoms with Crippen LogP contribution in [0, 0.1) is 17.6 Å². The molecule has 0 saturated heterocycles. The summed E-state index contributed by atoms with van der Waals surface area (Å²) in [6.07, 6.45) is -0.219. The maximum Gasteiger partial charge on any atom is 0.257 e. The molecule has 106 valence electrons. The fraction of sp³-hybridized carbons (Fsp3) is 0.462. The van der Waals surface area contributed by atoms with Gasteiger partial charge in [-0.25, -0.2) is 8.78 Å². The van der Waals surface area contributed by atoms with Gasteiger partial charge >= 0.3 is 0 Å². The molecule has 0 spiro atoms. The van der Waals surface area contributed by atoms with Gasteiger partial charge in [0.1, 0.15) is 17.2 Å². The molecule has 0 radical (unpaired) electrons. The van der Waals surface area contributed by atoms with Gasteiger partial charge in [0, 0.05) is 11.0 Å². The summed E-state index contributed by atoms with van der Waals surface area (Å²) in [6.45, 7) is 3.86. The van der Waals surface area contributed by atoms with Crippen molar-refractivity contribution >= 4 is 21.8 Å². The van der Waals surface area contributed by atoms with Gasteiger partial charge in [-0.2, -0.15) is 0 Å². The third-order valence-electron chi connectivity index (χ3n) is 2.73. The van der Waals surface area contributed by atoms with Gasteiger partial charge in [-0.15, -0.1) is 0 Å². The number of amides is 1. The molecule has 0 aliphatic rings. The van der Waals surface area contributed by atoms with Gasteiger partial charge in [0.25, 0.3) is 5.91 Å². The van der Waals surface area contributed by atoms with Crippen molar-refractivity contribution in [3.05, 3.63) is 33.8 Å². The number of halogens is 3. The van der Waals surface area contributed by atoms with Crippen molar-refractivity contribution in [2.75, 3.05) is 6.54 Å². The molecule has 1 atom stereocenters. The van der Waals surface area contributed by atoms with Gasteiger partial charge < -0.3 is 10.4 Å². The number of hydrogen-bond donors (Lipinski definition) is 2. The number of aliphatic hydroxyl groups excluding tert-OH is 1. The minimum absolute atomic E-state index is 0.0676. The third-order valence-corrected chi connectivity index (χ3v) is 3.19. The first kappa shape index (κ1) is 16.0. The van der Waals surface area contributed by atoms with E-state index in [1.165, 1.54) is 0 Å². The predicted molar refractivity (Wildman–Crippen MR) is 71.9 cm³/mol. The van der Waals surface area contributed by atoms with Crippen LogP contribution in [0.3, 0.4) is 0 Å². The Hall–Kier alpha value is -1.01. The topological polar surface area (TPSA) is 49.3 Å². The zero-order valence-electron chi connectivity index (χ0n) is 10.7. The lowest BCUT2D eigenvalue weighted by atomic mass is 10.0. The van der Waals surface area contributed by atoms with Crippen molar-refractivity contribution in [1.82, 2.24) is 5.32 Å². The van der Waals surface area contributed by atoms with E-state index in [-0.39, 0.29) is 16.9 Å². The zero-order valence-corrected chi connectivity index (χ0v) is 12.3. The molecule has 3 nitrogen and oxygen atoms in total. The first-order valence-corrected chi connectivity index (χ1v) is 6.73. The van der Waals surface area contributed by atoms with Crippen LogP contribution >= 0.6 is 15.9 Å². The van der Waals surface area contributed by atoms with Crippen molar-refractivity contribution in [3.63, 3.8) is 0 Å². The maximum absolute atomic E-state index is 13.5. The average Bonchev–Trinajstić information content (AvgIpc) is 2.26. The molecule has 2 N–H and O–H groups in total. The van der Waals surface area contributed by atoms with E-state index in [9.17, 15) is 18.7 Å². The van der Waals surface area contributed by atoms with Crippen molar-refractivity contribution in [3.8, 4) is 0 Å². The molecule has 1 aromatic rings. The number of nitrogens with one attached hydrogen (secondary N) is 1. The Morgan fingerprint density at radius 2 is 1.89 bits per heavy atom. The molecule has 0 aromatic heterocycles. The third kappa shape index (κ3) is 4.54. The molecule has 0 aliphatic heterocycles. The van der Waals surface area contributed by atoms with Gasteiger partial charge in [-0.3, -0.25) is 4.79 Å². The highest BCUT2D eigenvalue weighted by Gasteiger charge is 2.18. The smallest absolute Gasteiger partial charge is 0.257 e. The monoisotopic (exact) mass is 335 g/mol. The summed E-state index contributed by atoms with van der Waals surface area (Å²) < 4.78 is 27.2. The normalized spacial score (nSPS) is 12.6. The van der Waals surface area contributed by atoms with Crippen LogP contribution in [-0.4, -0.2) is 23.7 Å². The van der Waals surface area contributed by atoms with Crippen LogP contribution in [0.15, 0.2) is 16.6 Å². The van der Waals surface area contributed by atoms with Crippen molar-refractivity contribution < 1.29 is 18.7 Å². The van der Waals surface area contributed by atoms with Crippen LogP contribution in [0.5, 0.6) is 0 Å². The van der Waals surface area contributed by atoms with Crippen LogP contribution in [-0.2, 0) is 0 Å². The second-order valence-corrected chi connectivity index (χ2v) is 5.52. The molecule has 1 unspecified atom stereocenters. The van der Waals surface area contributed by atoms with Gasteiger partial charge in [0.05, 0.1) is 6.10 Å². The number of carbonyl (C=O) groups is 1. The largest absolute Gasteiger partial charge is 0.393 e. The van der Waals surface area contributed by atoms with Crippen LogP contribution in [0.1, 0.15) is 30.6 Å². The molecular formula is C13H16BrF2NO2. The summed E-state index contributed by atoms with van der Waals surface area (Å²) in [4.78, 5) is 11.7. The van der Waals surface area contributed by atoms with Crippen LogP contribution in [0.25, 0.3) is 0 Å². The van der Waals surface area contributed by atoms with Crippen molar-refractivity contribution in [2.24, 2.45) is 5.92 Å². The Morgan fingerprint density at radius 1 is 1.37 bits per heavy atom. The van der Waals surface area contributed by atoms with E-state index in [0.29, 0.717) is 6.42 Å². The van der Waals surface area contributed by atoms with Crippen LogP contribution in [0.2, 0.25) is 0 Å². The SMILES string of the molecule is CC(C)C(O)CCNC(=O)c1c(F)cc(Br)cc1F. The summed E-state index contributed by atoms with van der Waals surface area (Å²) >= 11 is 2.94. The summed E-state index contributed by atoms with van der Waals surface area (Å²) in [5.41, 5.74) is -0.609. The quantitative estimate of drug-likeness (QED) is 0.869. The van der Waals surface area contributed by atoms with Crippen LogP contribution in [0.4, 0.5) is 8.78 Å². The highest BCUT2D eigenvalue weighted by Crippen LogP contribution is 2.19. The van der Waals surface area contributed by atoms with Gasteiger partial charge in [0.2, 0.25) is 0 Å². The molecule has 1 aromatic carbocycles. The van der Waals surface area contributed by atoms with Gasteiger partial charge in [-0.05, 0) is 24.5 Å². The van der Waals surface area contributed by atoms with E-state index in [0.717, 1.165) is 12.1 Å². The Kier molecular flexibility index (Phi) is 5.87. The molecule has 0 heterocycles. The fourth-order valence-electron chi connectivity index (χ4n) is 1.51. The van der Waals surface area contributed by atoms with E-state index >= 15 is 0 Å². The molecule has 0 aliphatic carbocycles. The van der Waals surface area contributed by atoms with Crippen LogP contribution < -0.4 is 5.32 Å². The fourth-order valence-corrected chi connectivity index (χ4v) is 1.92. The molecule has 1 amide bonds. The molecule has 6 heteroatoms. The second-order valence-electron chi connectivity index (χ2n) is 4.60. The molecule has 0 fully saturated rings. The van der Waals surface area contributed by atoms with E-state index in [2.05, 4.69) is 21.2 Å². The van der Waals surface area contributed by atoms with E-state index in [1.807, 2.05) is 13.8 Å². The number of carbonyl (C=O) groups excluding carboxylic acids is 1. The second kappa shape index (κ2) is 6.96. The lowest BCUT2D eigenvalue weighted by Gasteiger charge is -2.14. The molecule has 0 saturated carbocycles. The predicted octanol–water partition coefficient (Wildman–Crippen LogP) is 2.86. The van der Waals surface area contributed by atoms with E-state index in [1.54, 1.807) is 0 Å². The number of benzene rings is 1. The Bertz CT molecular complexity index is 443. The van der Waals surface area contributed by atoms with E-state index in [4.69, 9.17) is 0 Å². The number of hydrogen-bond acceptors (Lipinski definition) is 2. The van der Waals surface area contributed by atoms with Crippen molar-refractivity contribution in [1.29, 1.82) is 0 Å². The Labute approximate surface area is 119 Å². The molecule has 0 bridgehead atoms. The highest BCUT2D eigenvalue weighted by atomic mass is 79.9. The van der Waals surface area contributed by atoms with E-state index < -0.39 is 29.2 Å². The molecular weight excluding hydrogens is 320 g/mol. The number of aliphatic hydroxyl groups is 1. The first-order valence-electron chi connectivity index (χ1n) is 5.93. The maximum atomic E-state index is 13.5. The molecule has 1 rings (SSSR count). The highest BCUT2D eigenvalue weighted by molar-refractivity contribution is 9.10. The zero-order chi connectivity index (χ0) is 14.6. The minimum Gasteiger partial charge on any atom is -0.393 e. The van der Waals surface area contributed by atoms with Crippen molar-refractivity contribution in [2.45, 2.75) is 26.4 Å². The number of rotatable bonds is 5. The van der Waals surface area contributed by atoms with Gasteiger partial charge in [-0.1, -0.05) is 29.8 Å². The standard InChI is InChI=1S/C13H16BrF2NO2/c1-7(2)11(18)3-4-17-13(19)12-9(15)5-8(14)6-10(12)16/h5-7,11,18H,3-4H2,1-2H3,(H,17,19). The molecule has 19 heavy (non-hydrogen) atoms. The first-order chi connectivity index (χ1) is 8.82. The summed E-state index contributed by atoms with van der Waals surface area (Å²) in [5, 5.41) is 11.9. The lowest BCUT2D eigenvalue weighted by molar-refractivity contribution is 0.0912. The Morgan fingerprint density at radius 3 is 2.37 bits per heavy atom. The summed E-state index contributed by atoms with van der Waals surface area (Å²) in [7, 11) is 0.